The van der Waals surface area contributed by atoms with Crippen LogP contribution in [0.2, 0.25) is 0 Å². The predicted molar refractivity (Wildman–Crippen MR) is 78.7 cm³/mol. The van der Waals surface area contributed by atoms with Gasteiger partial charge in [0.1, 0.15) is 5.75 Å². The quantitative estimate of drug-likeness (QED) is 0.885. The van der Waals surface area contributed by atoms with Crippen LogP contribution in [0.15, 0.2) is 48.5 Å². The fourth-order valence-electron chi connectivity index (χ4n) is 1.86. The Hall–Kier alpha value is -2.82. The van der Waals surface area contributed by atoms with Gasteiger partial charge in [0.15, 0.2) is 0 Å². The first-order valence-corrected chi connectivity index (χ1v) is 6.34. The van der Waals surface area contributed by atoms with Crippen molar-refractivity contribution in [3.8, 4) is 5.75 Å². The molecule has 0 atom stereocenters. The second-order valence-electron chi connectivity index (χ2n) is 4.46. The highest BCUT2D eigenvalue weighted by Crippen LogP contribution is 2.14. The molecule has 108 valence electrons. The van der Waals surface area contributed by atoms with E-state index in [1.165, 1.54) is 12.1 Å². The lowest BCUT2D eigenvalue weighted by molar-refractivity contribution is -0.115. The summed E-state index contributed by atoms with van der Waals surface area (Å²) in [6.07, 6.45) is 0.210. The molecule has 0 unspecified atom stereocenters. The molecule has 2 N–H and O–H groups in total. The average molecular weight is 285 g/mol. The summed E-state index contributed by atoms with van der Waals surface area (Å²) in [5.74, 6) is -0.503. The lowest BCUT2D eigenvalue weighted by Gasteiger charge is -2.07. The number of aromatic carboxylic acids is 1. The molecule has 0 aromatic heterocycles. The number of carbonyl (C=O) groups excluding carboxylic acids is 1. The van der Waals surface area contributed by atoms with Crippen LogP contribution in [0.3, 0.4) is 0 Å². The van der Waals surface area contributed by atoms with Crippen molar-refractivity contribution in [2.24, 2.45) is 0 Å². The van der Waals surface area contributed by atoms with E-state index in [2.05, 4.69) is 5.32 Å². The summed E-state index contributed by atoms with van der Waals surface area (Å²) in [6.45, 7) is 0. The van der Waals surface area contributed by atoms with Crippen LogP contribution in [0, 0.1) is 0 Å². The maximum absolute atomic E-state index is 11.9. The van der Waals surface area contributed by atoms with Gasteiger partial charge in [-0.25, -0.2) is 4.79 Å². The van der Waals surface area contributed by atoms with Crippen molar-refractivity contribution in [1.82, 2.24) is 0 Å². The van der Waals surface area contributed by atoms with Crippen LogP contribution in [0.5, 0.6) is 5.75 Å². The normalized spacial score (nSPS) is 9.95. The molecule has 0 bridgehead atoms. The number of carboxylic acids is 1. The molecule has 0 aliphatic carbocycles. The van der Waals surface area contributed by atoms with Crippen molar-refractivity contribution < 1.29 is 19.4 Å². The van der Waals surface area contributed by atoms with E-state index in [0.29, 0.717) is 5.69 Å². The minimum atomic E-state index is -1.03. The van der Waals surface area contributed by atoms with Gasteiger partial charge in [-0.05, 0) is 35.9 Å². The molecule has 0 radical (unpaired) electrons. The molecule has 0 spiro atoms. The van der Waals surface area contributed by atoms with Crippen molar-refractivity contribution in [2.45, 2.75) is 6.42 Å². The fraction of sp³-hybridized carbons (Fsp3) is 0.125. The minimum Gasteiger partial charge on any atom is -0.497 e. The Morgan fingerprint density at radius 1 is 1.14 bits per heavy atom. The van der Waals surface area contributed by atoms with Gasteiger partial charge in [0.25, 0.3) is 0 Å². The molecule has 2 aromatic carbocycles. The molecule has 0 aliphatic heterocycles. The minimum absolute atomic E-state index is 0.136. The summed E-state index contributed by atoms with van der Waals surface area (Å²) in [5, 5.41) is 11.6. The van der Waals surface area contributed by atoms with Crippen molar-refractivity contribution in [3.05, 3.63) is 59.7 Å². The first-order valence-electron chi connectivity index (χ1n) is 6.34. The van der Waals surface area contributed by atoms with Gasteiger partial charge in [-0.3, -0.25) is 4.79 Å². The van der Waals surface area contributed by atoms with Crippen LogP contribution < -0.4 is 10.1 Å². The zero-order valence-corrected chi connectivity index (χ0v) is 11.5. The molecule has 5 nitrogen and oxygen atoms in total. The second kappa shape index (κ2) is 6.56. The Morgan fingerprint density at radius 2 is 1.86 bits per heavy atom. The molecule has 0 heterocycles. The molecule has 0 saturated heterocycles. The van der Waals surface area contributed by atoms with Crippen LogP contribution in [-0.2, 0) is 11.2 Å². The topological polar surface area (TPSA) is 75.6 Å². The Bertz CT molecular complexity index is 650. The number of amides is 1. The number of methoxy groups -OCH3 is 1. The summed E-state index contributed by atoms with van der Waals surface area (Å²) in [6, 6.07) is 13.3. The number of hydrogen-bond acceptors (Lipinski definition) is 3. The van der Waals surface area contributed by atoms with Crippen molar-refractivity contribution in [2.75, 3.05) is 12.4 Å². The highest BCUT2D eigenvalue weighted by Gasteiger charge is 2.07. The van der Waals surface area contributed by atoms with E-state index in [0.717, 1.165) is 11.3 Å². The van der Waals surface area contributed by atoms with E-state index in [9.17, 15) is 9.59 Å². The summed E-state index contributed by atoms with van der Waals surface area (Å²) >= 11 is 0. The Kier molecular flexibility index (Phi) is 4.56. The van der Waals surface area contributed by atoms with E-state index < -0.39 is 5.97 Å². The summed E-state index contributed by atoms with van der Waals surface area (Å²) < 4.78 is 5.05. The van der Waals surface area contributed by atoms with E-state index in [1.54, 1.807) is 31.4 Å². The van der Waals surface area contributed by atoms with Gasteiger partial charge in [0.2, 0.25) is 5.91 Å². The van der Waals surface area contributed by atoms with E-state index in [-0.39, 0.29) is 17.9 Å². The number of rotatable bonds is 5. The lowest BCUT2D eigenvalue weighted by Crippen LogP contribution is -2.14. The standard InChI is InChI=1S/C16H15NO4/c1-21-14-7-5-11(6-8-14)9-15(18)17-13-4-2-3-12(10-13)16(19)20/h2-8,10H,9H2,1H3,(H,17,18)(H,19,20). The first kappa shape index (κ1) is 14.6. The van der Waals surface area contributed by atoms with E-state index in [4.69, 9.17) is 9.84 Å². The summed E-state index contributed by atoms with van der Waals surface area (Å²) in [5.41, 5.74) is 1.45. The maximum Gasteiger partial charge on any atom is 0.335 e. The first-order chi connectivity index (χ1) is 10.1. The number of hydrogen-bond donors (Lipinski definition) is 2. The third kappa shape index (κ3) is 4.07. The molecule has 5 heteroatoms. The summed E-state index contributed by atoms with van der Waals surface area (Å²) in [7, 11) is 1.58. The number of anilines is 1. The molecule has 21 heavy (non-hydrogen) atoms. The van der Waals surface area contributed by atoms with Crippen LogP contribution >= 0.6 is 0 Å². The summed E-state index contributed by atoms with van der Waals surface area (Å²) in [4.78, 5) is 22.8. The number of nitrogens with one attached hydrogen (secondary N) is 1. The lowest BCUT2D eigenvalue weighted by atomic mass is 10.1. The fourth-order valence-corrected chi connectivity index (χ4v) is 1.86. The van der Waals surface area contributed by atoms with Crippen molar-refractivity contribution >= 4 is 17.6 Å². The second-order valence-corrected chi connectivity index (χ2v) is 4.46. The van der Waals surface area contributed by atoms with Gasteiger partial charge in [-0.2, -0.15) is 0 Å². The smallest absolute Gasteiger partial charge is 0.335 e. The third-order valence-corrected chi connectivity index (χ3v) is 2.92. The van der Waals surface area contributed by atoms with Gasteiger partial charge in [-0.15, -0.1) is 0 Å². The van der Waals surface area contributed by atoms with Gasteiger partial charge in [0.05, 0.1) is 19.1 Å². The molecule has 1 amide bonds. The van der Waals surface area contributed by atoms with Crippen LogP contribution in [0.4, 0.5) is 5.69 Å². The molecule has 0 saturated carbocycles. The monoisotopic (exact) mass is 285 g/mol. The number of benzene rings is 2. The van der Waals surface area contributed by atoms with Gasteiger partial charge < -0.3 is 15.2 Å². The molecular weight excluding hydrogens is 270 g/mol. The molecule has 2 aromatic rings. The maximum atomic E-state index is 11.9. The van der Waals surface area contributed by atoms with Crippen molar-refractivity contribution in [1.29, 1.82) is 0 Å². The molecule has 0 aliphatic rings. The zero-order valence-electron chi connectivity index (χ0n) is 11.5. The Labute approximate surface area is 122 Å². The van der Waals surface area contributed by atoms with Crippen LogP contribution in [0.1, 0.15) is 15.9 Å². The number of carbonyl (C=O) groups is 2. The zero-order chi connectivity index (χ0) is 15.2. The predicted octanol–water partition coefficient (Wildman–Crippen LogP) is 2.57. The highest BCUT2D eigenvalue weighted by atomic mass is 16.5. The van der Waals surface area contributed by atoms with Crippen LogP contribution in [-0.4, -0.2) is 24.1 Å². The molecule has 2 rings (SSSR count). The Balaban J connectivity index is 2.00. The highest BCUT2D eigenvalue weighted by molar-refractivity contribution is 5.94. The van der Waals surface area contributed by atoms with Crippen LogP contribution in [0.25, 0.3) is 0 Å². The third-order valence-electron chi connectivity index (χ3n) is 2.92. The van der Waals surface area contributed by atoms with Gasteiger partial charge >= 0.3 is 5.97 Å². The van der Waals surface area contributed by atoms with E-state index in [1.807, 2.05) is 12.1 Å². The largest absolute Gasteiger partial charge is 0.497 e. The Morgan fingerprint density at radius 3 is 2.48 bits per heavy atom. The molecule has 0 fully saturated rings. The van der Waals surface area contributed by atoms with Gasteiger partial charge in [0, 0.05) is 5.69 Å². The number of carboxylic acid groups (broad SMARTS) is 1. The van der Waals surface area contributed by atoms with Crippen molar-refractivity contribution in [3.63, 3.8) is 0 Å². The SMILES string of the molecule is COc1ccc(CC(=O)Nc2cccc(C(=O)O)c2)cc1. The number of ether oxygens (including phenoxy) is 1. The average Bonchev–Trinajstić information content (AvgIpc) is 2.48. The van der Waals surface area contributed by atoms with E-state index >= 15 is 0 Å². The van der Waals surface area contributed by atoms with Gasteiger partial charge in [-0.1, -0.05) is 18.2 Å². The molecular formula is C16H15NO4.